The Morgan fingerprint density at radius 3 is 2.75 bits per heavy atom. The first-order valence-electron chi connectivity index (χ1n) is 5.24. The summed E-state index contributed by atoms with van der Waals surface area (Å²) in [6, 6.07) is 5.67. The standard InChI is InChI=1S/C14H18OS/c1-10(2)7-12(4)9-16-14-8-11(3)5-6-13(14)15/h5-8,15H,1,9H2,2-4H3/b12-7-. The normalized spacial score (nSPS) is 11.6. The van der Waals surface area contributed by atoms with Gasteiger partial charge in [-0.2, -0.15) is 0 Å². The molecule has 0 saturated carbocycles. The zero-order chi connectivity index (χ0) is 12.1. The number of phenolic OH excluding ortho intramolecular Hbond substituents is 1. The number of hydrogen-bond donors (Lipinski definition) is 1. The molecular formula is C14H18OS. The van der Waals surface area contributed by atoms with Crippen LogP contribution in [0, 0.1) is 6.92 Å². The molecule has 0 fully saturated rings. The lowest BCUT2D eigenvalue weighted by molar-refractivity contribution is 0.462. The molecule has 0 saturated heterocycles. The fraction of sp³-hybridized carbons (Fsp3) is 0.286. The summed E-state index contributed by atoms with van der Waals surface area (Å²) in [7, 11) is 0. The molecule has 0 aliphatic rings. The zero-order valence-corrected chi connectivity index (χ0v) is 10.9. The maximum atomic E-state index is 9.67. The van der Waals surface area contributed by atoms with E-state index in [1.165, 1.54) is 11.1 Å². The van der Waals surface area contributed by atoms with E-state index in [2.05, 4.69) is 19.6 Å². The third-order valence-electron chi connectivity index (χ3n) is 2.06. The van der Waals surface area contributed by atoms with Crippen molar-refractivity contribution in [1.82, 2.24) is 0 Å². The minimum atomic E-state index is 0.360. The van der Waals surface area contributed by atoms with Crippen LogP contribution in [-0.2, 0) is 0 Å². The Morgan fingerprint density at radius 2 is 2.12 bits per heavy atom. The molecule has 0 aromatic heterocycles. The van der Waals surface area contributed by atoms with Crippen molar-refractivity contribution in [3.05, 3.63) is 47.6 Å². The first-order valence-corrected chi connectivity index (χ1v) is 6.22. The highest BCUT2D eigenvalue weighted by Gasteiger charge is 2.02. The molecular weight excluding hydrogens is 216 g/mol. The van der Waals surface area contributed by atoms with Crippen molar-refractivity contribution in [1.29, 1.82) is 0 Å². The van der Waals surface area contributed by atoms with Crippen molar-refractivity contribution < 1.29 is 5.11 Å². The maximum absolute atomic E-state index is 9.67. The van der Waals surface area contributed by atoms with Crippen LogP contribution in [0.25, 0.3) is 0 Å². The molecule has 2 heteroatoms. The van der Waals surface area contributed by atoms with Gasteiger partial charge in [-0.25, -0.2) is 0 Å². The largest absolute Gasteiger partial charge is 0.507 e. The topological polar surface area (TPSA) is 20.2 Å². The van der Waals surface area contributed by atoms with Gasteiger partial charge in [0.25, 0.3) is 0 Å². The van der Waals surface area contributed by atoms with Gasteiger partial charge < -0.3 is 5.11 Å². The highest BCUT2D eigenvalue weighted by Crippen LogP contribution is 2.30. The summed E-state index contributed by atoms with van der Waals surface area (Å²) in [6.45, 7) is 9.94. The molecule has 0 amide bonds. The van der Waals surface area contributed by atoms with Gasteiger partial charge in [-0.1, -0.05) is 29.9 Å². The van der Waals surface area contributed by atoms with Gasteiger partial charge in [0.05, 0.1) is 0 Å². The van der Waals surface area contributed by atoms with Crippen LogP contribution in [0.4, 0.5) is 0 Å². The molecule has 1 aromatic carbocycles. The Hall–Kier alpha value is -1.15. The molecule has 1 rings (SSSR count). The number of aromatic hydroxyl groups is 1. The van der Waals surface area contributed by atoms with E-state index in [9.17, 15) is 5.11 Å². The summed E-state index contributed by atoms with van der Waals surface area (Å²) in [4.78, 5) is 0.939. The monoisotopic (exact) mass is 234 g/mol. The fourth-order valence-electron chi connectivity index (χ4n) is 1.39. The lowest BCUT2D eigenvalue weighted by Gasteiger charge is -2.06. The summed E-state index contributed by atoms with van der Waals surface area (Å²) < 4.78 is 0. The van der Waals surface area contributed by atoms with Crippen molar-refractivity contribution in [3.8, 4) is 5.75 Å². The van der Waals surface area contributed by atoms with Crippen LogP contribution in [0.1, 0.15) is 19.4 Å². The highest BCUT2D eigenvalue weighted by atomic mass is 32.2. The van der Waals surface area contributed by atoms with Crippen LogP contribution in [-0.4, -0.2) is 10.9 Å². The fourth-order valence-corrected chi connectivity index (χ4v) is 2.34. The van der Waals surface area contributed by atoms with Gasteiger partial charge in [-0.15, -0.1) is 11.8 Å². The Morgan fingerprint density at radius 1 is 1.44 bits per heavy atom. The van der Waals surface area contributed by atoms with Crippen molar-refractivity contribution in [2.75, 3.05) is 5.75 Å². The third kappa shape index (κ3) is 4.15. The Balaban J connectivity index is 2.68. The first kappa shape index (κ1) is 12.9. The summed E-state index contributed by atoms with van der Waals surface area (Å²) in [5.74, 6) is 1.24. The van der Waals surface area contributed by atoms with Crippen LogP contribution in [0.2, 0.25) is 0 Å². The van der Waals surface area contributed by atoms with E-state index in [0.717, 1.165) is 16.2 Å². The van der Waals surface area contributed by atoms with E-state index in [1.54, 1.807) is 17.8 Å². The number of rotatable bonds is 4. The molecule has 0 atom stereocenters. The van der Waals surface area contributed by atoms with E-state index in [-0.39, 0.29) is 0 Å². The van der Waals surface area contributed by atoms with Crippen molar-refractivity contribution in [2.24, 2.45) is 0 Å². The minimum Gasteiger partial charge on any atom is -0.507 e. The van der Waals surface area contributed by atoms with E-state index >= 15 is 0 Å². The lowest BCUT2D eigenvalue weighted by atomic mass is 10.2. The molecule has 0 aliphatic carbocycles. The summed E-state index contributed by atoms with van der Waals surface area (Å²) >= 11 is 1.65. The van der Waals surface area contributed by atoms with Gasteiger partial charge in [0.1, 0.15) is 5.75 Å². The number of aryl methyl sites for hydroxylation is 1. The lowest BCUT2D eigenvalue weighted by Crippen LogP contribution is -1.84. The van der Waals surface area contributed by atoms with Crippen molar-refractivity contribution in [3.63, 3.8) is 0 Å². The van der Waals surface area contributed by atoms with Gasteiger partial charge in [0.15, 0.2) is 0 Å². The second-order valence-electron chi connectivity index (χ2n) is 4.10. The van der Waals surface area contributed by atoms with E-state index in [4.69, 9.17) is 0 Å². The number of benzene rings is 1. The molecule has 86 valence electrons. The van der Waals surface area contributed by atoms with Gasteiger partial charge >= 0.3 is 0 Å². The summed E-state index contributed by atoms with van der Waals surface area (Å²) in [5, 5.41) is 9.67. The molecule has 0 bridgehead atoms. The van der Waals surface area contributed by atoms with Crippen LogP contribution in [0.3, 0.4) is 0 Å². The summed E-state index contributed by atoms with van der Waals surface area (Å²) in [5.41, 5.74) is 3.49. The second-order valence-corrected chi connectivity index (χ2v) is 5.11. The molecule has 16 heavy (non-hydrogen) atoms. The Labute approximate surface area is 102 Å². The third-order valence-corrected chi connectivity index (χ3v) is 3.30. The Bertz CT molecular complexity index is 419. The van der Waals surface area contributed by atoms with Gasteiger partial charge in [0, 0.05) is 10.6 Å². The zero-order valence-electron chi connectivity index (χ0n) is 10.1. The molecule has 1 nitrogen and oxygen atoms in total. The molecule has 0 spiro atoms. The molecule has 1 aromatic rings. The van der Waals surface area contributed by atoms with Gasteiger partial charge in [0.2, 0.25) is 0 Å². The van der Waals surface area contributed by atoms with Crippen LogP contribution >= 0.6 is 11.8 Å². The predicted octanol–water partition coefficient (Wildman–Crippen LogP) is 4.32. The number of hydrogen-bond acceptors (Lipinski definition) is 2. The van der Waals surface area contributed by atoms with Crippen molar-refractivity contribution >= 4 is 11.8 Å². The van der Waals surface area contributed by atoms with Crippen LogP contribution < -0.4 is 0 Å². The van der Waals surface area contributed by atoms with Gasteiger partial charge in [-0.05, 0) is 38.5 Å². The number of phenols is 1. The number of allylic oxidation sites excluding steroid dienone is 2. The smallest absolute Gasteiger partial charge is 0.129 e. The minimum absolute atomic E-state index is 0.360. The highest BCUT2D eigenvalue weighted by molar-refractivity contribution is 7.99. The van der Waals surface area contributed by atoms with E-state index in [1.807, 2.05) is 26.0 Å². The molecule has 0 aliphatic heterocycles. The second kappa shape index (κ2) is 5.80. The predicted molar refractivity (Wildman–Crippen MR) is 72.1 cm³/mol. The molecule has 0 unspecified atom stereocenters. The average molecular weight is 234 g/mol. The van der Waals surface area contributed by atoms with Crippen LogP contribution in [0.15, 0.2) is 46.9 Å². The maximum Gasteiger partial charge on any atom is 0.129 e. The molecule has 0 heterocycles. The quantitative estimate of drug-likeness (QED) is 0.618. The molecule has 0 radical (unpaired) electrons. The van der Waals surface area contributed by atoms with E-state index < -0.39 is 0 Å². The SMILES string of the molecule is C=C(C)/C=C(/C)CSc1cc(C)ccc1O. The van der Waals surface area contributed by atoms with Gasteiger partial charge in [-0.3, -0.25) is 0 Å². The van der Waals surface area contributed by atoms with Crippen molar-refractivity contribution in [2.45, 2.75) is 25.7 Å². The molecule has 1 N–H and O–H groups in total. The van der Waals surface area contributed by atoms with E-state index in [0.29, 0.717) is 5.75 Å². The Kier molecular flexibility index (Phi) is 4.69. The van der Waals surface area contributed by atoms with Crippen LogP contribution in [0.5, 0.6) is 5.75 Å². The first-order chi connectivity index (χ1) is 7.49. The number of thioether (sulfide) groups is 1. The summed E-state index contributed by atoms with van der Waals surface area (Å²) in [6.07, 6.45) is 2.07. The average Bonchev–Trinajstić information content (AvgIpc) is 2.18.